The summed E-state index contributed by atoms with van der Waals surface area (Å²) in [5.74, 6) is 0.443. The minimum Gasteiger partial charge on any atom is -0.405 e. The monoisotopic (exact) mass is 565 g/mol. The molecule has 3 aromatic rings. The molecule has 1 saturated heterocycles. The predicted octanol–water partition coefficient (Wildman–Crippen LogP) is 4.76. The van der Waals surface area contributed by atoms with Crippen molar-refractivity contribution in [2.45, 2.75) is 31.7 Å². The fraction of sp³-hybridized carbons (Fsp3) is 0.400. The third kappa shape index (κ3) is 6.44. The lowest BCUT2D eigenvalue weighted by molar-refractivity contribution is -0.274. The molecular weight excluding hydrogens is 539 g/mol. The summed E-state index contributed by atoms with van der Waals surface area (Å²) in [6.45, 7) is 1.59. The van der Waals surface area contributed by atoms with E-state index in [9.17, 15) is 18.0 Å². The zero-order chi connectivity index (χ0) is 25.9. The number of para-hydroxylation sites is 1. The molecule has 2 aromatic carbocycles. The highest BCUT2D eigenvalue weighted by atomic mass is 79.9. The van der Waals surface area contributed by atoms with E-state index in [2.05, 4.69) is 31.3 Å². The zero-order valence-corrected chi connectivity index (χ0v) is 21.5. The number of halogens is 4. The van der Waals surface area contributed by atoms with Crippen LogP contribution >= 0.6 is 15.9 Å². The van der Waals surface area contributed by atoms with E-state index in [1.165, 1.54) is 12.1 Å². The predicted molar refractivity (Wildman–Crippen MR) is 135 cm³/mol. The summed E-state index contributed by atoms with van der Waals surface area (Å²) in [7, 11) is 3.79. The van der Waals surface area contributed by atoms with Gasteiger partial charge in [-0.25, -0.2) is 9.97 Å². The first-order chi connectivity index (χ1) is 17.1. The van der Waals surface area contributed by atoms with Crippen molar-refractivity contribution in [2.75, 3.05) is 32.1 Å². The molecule has 4 rings (SSSR count). The fourth-order valence-electron chi connectivity index (χ4n) is 4.42. The number of aromatic nitrogens is 2. The molecule has 11 heteroatoms. The third-order valence-electron chi connectivity index (χ3n) is 6.08. The van der Waals surface area contributed by atoms with Gasteiger partial charge in [-0.1, -0.05) is 34.1 Å². The van der Waals surface area contributed by atoms with Gasteiger partial charge in [0.2, 0.25) is 5.91 Å². The van der Waals surface area contributed by atoms with Crippen molar-refractivity contribution in [1.29, 1.82) is 0 Å². The summed E-state index contributed by atoms with van der Waals surface area (Å²) in [5.41, 5.74) is 0.888. The molecule has 1 unspecified atom stereocenters. The van der Waals surface area contributed by atoms with Gasteiger partial charge in [0, 0.05) is 29.5 Å². The van der Waals surface area contributed by atoms with Crippen molar-refractivity contribution in [1.82, 2.24) is 20.6 Å². The van der Waals surface area contributed by atoms with E-state index in [1.807, 2.05) is 43.3 Å². The summed E-state index contributed by atoms with van der Waals surface area (Å²) < 4.78 is 43.4. The van der Waals surface area contributed by atoms with Crippen molar-refractivity contribution >= 4 is 38.6 Å². The smallest absolute Gasteiger partial charge is 0.405 e. The van der Waals surface area contributed by atoms with Crippen LogP contribution < -0.4 is 20.3 Å². The number of rotatable bonds is 7. The van der Waals surface area contributed by atoms with Gasteiger partial charge < -0.3 is 20.3 Å². The van der Waals surface area contributed by atoms with E-state index < -0.39 is 24.1 Å². The average molecular weight is 566 g/mol. The maximum Gasteiger partial charge on any atom is 0.573 e. The first-order valence-electron chi connectivity index (χ1n) is 11.6. The van der Waals surface area contributed by atoms with Crippen LogP contribution in [0.5, 0.6) is 5.75 Å². The number of piperidine rings is 1. The molecule has 1 aromatic heterocycles. The van der Waals surface area contributed by atoms with Gasteiger partial charge in [-0.15, -0.1) is 13.2 Å². The Morgan fingerprint density at radius 3 is 2.61 bits per heavy atom. The average Bonchev–Trinajstić information content (AvgIpc) is 2.83. The van der Waals surface area contributed by atoms with Crippen LogP contribution in [0.3, 0.4) is 0 Å². The van der Waals surface area contributed by atoms with Crippen LogP contribution in [0.25, 0.3) is 10.9 Å². The highest BCUT2D eigenvalue weighted by molar-refractivity contribution is 9.10. The molecule has 7 nitrogen and oxygen atoms in total. The van der Waals surface area contributed by atoms with Crippen LogP contribution in [0.2, 0.25) is 0 Å². The molecule has 192 valence electrons. The summed E-state index contributed by atoms with van der Waals surface area (Å²) in [5, 5.41) is 7.24. The third-order valence-corrected chi connectivity index (χ3v) is 6.57. The van der Waals surface area contributed by atoms with Gasteiger partial charge in [-0.2, -0.15) is 0 Å². The number of fused-ring (bicyclic) bond motifs is 1. The van der Waals surface area contributed by atoms with Crippen LogP contribution in [-0.4, -0.2) is 49.4 Å². The minimum atomic E-state index is -4.87. The lowest BCUT2D eigenvalue weighted by Crippen LogP contribution is -2.40. The molecule has 1 amide bonds. The van der Waals surface area contributed by atoms with Crippen molar-refractivity contribution in [3.05, 3.63) is 58.3 Å². The maximum absolute atomic E-state index is 13.2. The summed E-state index contributed by atoms with van der Waals surface area (Å²) in [4.78, 5) is 24.7. The summed E-state index contributed by atoms with van der Waals surface area (Å²) in [6, 6.07) is 11.4. The number of benzene rings is 2. The topological polar surface area (TPSA) is 79.4 Å². The van der Waals surface area contributed by atoms with Crippen molar-refractivity contribution < 1.29 is 22.7 Å². The highest BCUT2D eigenvalue weighted by Crippen LogP contribution is 2.32. The number of carbonyl (C=O) groups is 1. The molecule has 1 aliphatic heterocycles. The molecule has 2 N–H and O–H groups in total. The fourth-order valence-corrected chi connectivity index (χ4v) is 4.76. The van der Waals surface area contributed by atoms with Gasteiger partial charge >= 0.3 is 6.36 Å². The second kappa shape index (κ2) is 11.0. The number of carbonyl (C=O) groups excluding carboxylic acids is 1. The standard InChI is InChI=1S/C25H27BrF3N5O2/c1-34(2)24-18-5-3-4-6-19(18)31-23(33-24)22(15-9-11-30-12-10-15)32-21(35)13-16-7-8-17(26)14-20(16)36-25(27,28)29/h3-8,14-15,22,30H,9-13H2,1-2H3,(H,32,35). The molecule has 1 aliphatic rings. The van der Waals surface area contributed by atoms with E-state index in [1.54, 1.807) is 6.07 Å². The van der Waals surface area contributed by atoms with Crippen LogP contribution in [0.15, 0.2) is 46.9 Å². The van der Waals surface area contributed by atoms with Crippen LogP contribution in [0.1, 0.15) is 30.3 Å². The van der Waals surface area contributed by atoms with E-state index >= 15 is 0 Å². The molecular formula is C25H27BrF3N5O2. The Bertz CT molecular complexity index is 1230. The van der Waals surface area contributed by atoms with Gasteiger partial charge in [0.05, 0.1) is 18.0 Å². The van der Waals surface area contributed by atoms with Crippen molar-refractivity contribution in [2.24, 2.45) is 5.92 Å². The van der Waals surface area contributed by atoms with Crippen LogP contribution in [-0.2, 0) is 11.2 Å². The lowest BCUT2D eigenvalue weighted by atomic mass is 9.89. The van der Waals surface area contributed by atoms with Gasteiger partial charge in [0.1, 0.15) is 11.6 Å². The Labute approximate surface area is 215 Å². The van der Waals surface area contributed by atoms with Crippen molar-refractivity contribution in [3.63, 3.8) is 0 Å². The van der Waals surface area contributed by atoms with Crippen LogP contribution in [0, 0.1) is 5.92 Å². The second-order valence-electron chi connectivity index (χ2n) is 8.93. The molecule has 0 bridgehead atoms. The number of hydrogen-bond donors (Lipinski definition) is 2. The molecule has 1 fully saturated rings. The lowest BCUT2D eigenvalue weighted by Gasteiger charge is -2.31. The van der Waals surface area contributed by atoms with Gasteiger partial charge in [0.25, 0.3) is 0 Å². The first kappa shape index (κ1) is 26.2. The first-order valence-corrected chi connectivity index (χ1v) is 12.4. The van der Waals surface area contributed by atoms with Crippen molar-refractivity contribution in [3.8, 4) is 5.75 Å². The number of hydrogen-bond acceptors (Lipinski definition) is 6. The largest absolute Gasteiger partial charge is 0.573 e. The number of alkyl halides is 3. The Kier molecular flexibility index (Phi) is 7.99. The number of nitrogens with one attached hydrogen (secondary N) is 2. The second-order valence-corrected chi connectivity index (χ2v) is 9.84. The maximum atomic E-state index is 13.2. The number of anilines is 1. The number of nitrogens with zero attached hydrogens (tertiary/aromatic N) is 3. The van der Waals surface area contributed by atoms with E-state index in [0.29, 0.717) is 10.3 Å². The van der Waals surface area contributed by atoms with Gasteiger partial charge in [-0.3, -0.25) is 4.79 Å². The van der Waals surface area contributed by atoms with Crippen LogP contribution in [0.4, 0.5) is 19.0 Å². The highest BCUT2D eigenvalue weighted by Gasteiger charge is 2.33. The minimum absolute atomic E-state index is 0.0715. The van der Waals surface area contributed by atoms with E-state index in [4.69, 9.17) is 9.97 Å². The zero-order valence-electron chi connectivity index (χ0n) is 19.9. The number of ether oxygens (including phenoxy) is 1. The molecule has 0 radical (unpaired) electrons. The Balaban J connectivity index is 1.66. The quantitative estimate of drug-likeness (QED) is 0.430. The molecule has 36 heavy (non-hydrogen) atoms. The van der Waals surface area contributed by atoms with E-state index in [-0.39, 0.29) is 17.9 Å². The molecule has 1 atom stereocenters. The molecule has 0 saturated carbocycles. The normalized spacial score (nSPS) is 15.5. The number of amides is 1. The SMILES string of the molecule is CN(C)c1nc(C(NC(=O)Cc2ccc(Br)cc2OC(F)(F)F)C2CCNCC2)nc2ccccc12. The Morgan fingerprint density at radius 2 is 1.92 bits per heavy atom. The van der Waals surface area contributed by atoms with Gasteiger partial charge in [-0.05, 0) is 56.1 Å². The Hall–Kier alpha value is -2.92. The molecule has 0 aliphatic carbocycles. The molecule has 2 heterocycles. The summed E-state index contributed by atoms with van der Waals surface area (Å²) in [6.07, 6.45) is -3.54. The Morgan fingerprint density at radius 1 is 1.19 bits per heavy atom. The van der Waals surface area contributed by atoms with Gasteiger partial charge in [0.15, 0.2) is 5.82 Å². The molecule has 0 spiro atoms. The summed E-state index contributed by atoms with van der Waals surface area (Å²) >= 11 is 3.16. The van der Waals surface area contributed by atoms with E-state index in [0.717, 1.165) is 42.7 Å².